The number of hydrogen-bond acceptors (Lipinski definition) is 5. The van der Waals surface area contributed by atoms with E-state index in [4.69, 9.17) is 0 Å². The molecule has 0 bridgehead atoms. The van der Waals surface area contributed by atoms with Crippen LogP contribution in [0.15, 0.2) is 88.9 Å². The molecule has 0 radical (unpaired) electrons. The molecular weight excluding hydrogens is 472 g/mol. The van der Waals surface area contributed by atoms with Gasteiger partial charge < -0.3 is 5.32 Å². The fraction of sp³-hybridized carbons (Fsp3) is 0.250. The number of amides is 1. The van der Waals surface area contributed by atoms with Gasteiger partial charge in [-0.2, -0.15) is 0 Å². The van der Waals surface area contributed by atoms with Crippen LogP contribution in [0.1, 0.15) is 37.2 Å². The Balaban J connectivity index is 1.57. The molecule has 3 aromatic carbocycles. The lowest BCUT2D eigenvalue weighted by molar-refractivity contribution is -0.115. The minimum absolute atomic E-state index is 0.0170. The molecule has 1 amide bonds. The Labute approximate surface area is 215 Å². The Hall–Kier alpha value is -3.03. The topological polar surface area (TPSA) is 59.8 Å². The summed E-state index contributed by atoms with van der Waals surface area (Å²) in [6, 6.07) is 26.6. The van der Waals surface area contributed by atoms with Crippen molar-refractivity contribution in [3.8, 4) is 5.69 Å². The van der Waals surface area contributed by atoms with Crippen LogP contribution >= 0.6 is 23.5 Å². The second kappa shape index (κ2) is 12.1. The van der Waals surface area contributed by atoms with E-state index in [1.807, 2.05) is 61.5 Å². The summed E-state index contributed by atoms with van der Waals surface area (Å²) < 4.78 is 2.07. The maximum Gasteiger partial charge on any atom is 0.237 e. The first kappa shape index (κ1) is 25.1. The van der Waals surface area contributed by atoms with Crippen molar-refractivity contribution in [3.05, 3.63) is 95.8 Å². The maximum atomic E-state index is 13.2. The molecule has 4 aromatic rings. The van der Waals surface area contributed by atoms with Gasteiger partial charge in [0.25, 0.3) is 0 Å². The van der Waals surface area contributed by atoms with Crippen LogP contribution in [0.5, 0.6) is 0 Å². The summed E-state index contributed by atoms with van der Waals surface area (Å²) in [5.41, 5.74) is 4.24. The molecule has 0 aliphatic rings. The average Bonchev–Trinajstić information content (AvgIpc) is 3.30. The highest BCUT2D eigenvalue weighted by molar-refractivity contribution is 8.00. The minimum atomic E-state index is -0.288. The average molecular weight is 503 g/mol. The highest BCUT2D eigenvalue weighted by Crippen LogP contribution is 2.31. The van der Waals surface area contributed by atoms with Gasteiger partial charge in [0.05, 0.1) is 11.0 Å². The van der Waals surface area contributed by atoms with Gasteiger partial charge in [-0.25, -0.2) is 0 Å². The number of aryl methyl sites for hydroxylation is 2. The van der Waals surface area contributed by atoms with Crippen LogP contribution in [0.25, 0.3) is 5.69 Å². The number of hydrogen-bond donors (Lipinski definition) is 1. The Morgan fingerprint density at radius 2 is 1.66 bits per heavy atom. The molecule has 0 saturated heterocycles. The zero-order chi connectivity index (χ0) is 24.6. The van der Waals surface area contributed by atoms with Crippen LogP contribution in [-0.2, 0) is 17.0 Å². The predicted octanol–water partition coefficient (Wildman–Crippen LogP) is 6.94. The molecule has 7 heteroatoms. The van der Waals surface area contributed by atoms with E-state index in [-0.39, 0.29) is 11.2 Å². The summed E-state index contributed by atoms with van der Waals surface area (Å²) in [5.74, 6) is 1.52. The molecule has 1 unspecified atom stereocenters. The number of thioether (sulfide) groups is 2. The zero-order valence-electron chi connectivity index (χ0n) is 20.3. The largest absolute Gasteiger partial charge is 0.325 e. The normalized spacial score (nSPS) is 11.9. The molecule has 35 heavy (non-hydrogen) atoms. The first-order chi connectivity index (χ1) is 17.1. The molecule has 0 aliphatic carbocycles. The third-order valence-corrected chi connectivity index (χ3v) is 7.99. The highest BCUT2D eigenvalue weighted by atomic mass is 32.2. The van der Waals surface area contributed by atoms with Crippen molar-refractivity contribution in [1.29, 1.82) is 0 Å². The number of benzene rings is 3. The van der Waals surface area contributed by atoms with E-state index >= 15 is 0 Å². The Morgan fingerprint density at radius 3 is 2.37 bits per heavy atom. The fourth-order valence-corrected chi connectivity index (χ4v) is 5.50. The number of nitrogens with zero attached hydrogens (tertiary/aromatic N) is 3. The minimum Gasteiger partial charge on any atom is -0.325 e. The molecule has 5 nitrogen and oxygen atoms in total. The monoisotopic (exact) mass is 502 g/mol. The third kappa shape index (κ3) is 6.35. The van der Waals surface area contributed by atoms with Crippen molar-refractivity contribution >= 4 is 35.1 Å². The second-order valence-corrected chi connectivity index (χ2v) is 10.4. The van der Waals surface area contributed by atoms with Crippen molar-refractivity contribution < 1.29 is 4.79 Å². The van der Waals surface area contributed by atoms with E-state index in [1.165, 1.54) is 22.2 Å². The van der Waals surface area contributed by atoms with E-state index in [0.717, 1.165) is 34.3 Å². The number of para-hydroxylation sites is 2. The van der Waals surface area contributed by atoms with Crippen molar-refractivity contribution in [2.45, 2.75) is 54.7 Å². The fourth-order valence-electron chi connectivity index (χ4n) is 3.70. The molecule has 0 spiro atoms. The van der Waals surface area contributed by atoms with Crippen LogP contribution in [0, 0.1) is 6.92 Å². The van der Waals surface area contributed by atoms with E-state index in [0.29, 0.717) is 12.2 Å². The van der Waals surface area contributed by atoms with Crippen molar-refractivity contribution in [1.82, 2.24) is 14.8 Å². The molecule has 0 fully saturated rings. The van der Waals surface area contributed by atoms with Gasteiger partial charge in [0.2, 0.25) is 5.91 Å². The van der Waals surface area contributed by atoms with Crippen molar-refractivity contribution in [2.24, 2.45) is 0 Å². The smallest absolute Gasteiger partial charge is 0.237 e. The molecule has 1 aromatic heterocycles. The Morgan fingerprint density at radius 1 is 0.943 bits per heavy atom. The lowest BCUT2D eigenvalue weighted by atomic mass is 10.1. The lowest BCUT2D eigenvalue weighted by Crippen LogP contribution is -2.25. The molecule has 1 heterocycles. The van der Waals surface area contributed by atoms with Crippen LogP contribution < -0.4 is 5.32 Å². The SMILES string of the molecule is CCc1ccccc1NC(=O)C(CC)Sc1nnc(CSc2ccc(C)cc2)n1-c1ccccc1. The standard InChI is InChI=1S/C28H30N4OS2/c1-4-21-11-9-10-14-24(21)29-27(33)25(5-2)35-28-31-30-26(32(28)22-12-7-6-8-13-22)19-34-23-17-15-20(3)16-18-23/h6-18,25H,4-5,19H2,1-3H3,(H,29,33). The second-order valence-electron chi connectivity index (χ2n) is 8.19. The van der Waals surface area contributed by atoms with Gasteiger partial charge in [0, 0.05) is 16.3 Å². The number of carbonyl (C=O) groups is 1. The van der Waals surface area contributed by atoms with Gasteiger partial charge >= 0.3 is 0 Å². The third-order valence-electron chi connectivity index (χ3n) is 5.67. The van der Waals surface area contributed by atoms with Crippen LogP contribution in [0.3, 0.4) is 0 Å². The van der Waals surface area contributed by atoms with Crippen LogP contribution in [0.4, 0.5) is 5.69 Å². The molecule has 0 saturated carbocycles. The molecule has 0 aliphatic heterocycles. The first-order valence-electron chi connectivity index (χ1n) is 11.8. The summed E-state index contributed by atoms with van der Waals surface area (Å²) in [6.45, 7) is 6.21. The van der Waals surface area contributed by atoms with E-state index in [9.17, 15) is 4.79 Å². The van der Waals surface area contributed by atoms with Crippen molar-refractivity contribution in [3.63, 3.8) is 0 Å². The highest BCUT2D eigenvalue weighted by Gasteiger charge is 2.24. The number of aromatic nitrogens is 3. The number of carbonyl (C=O) groups excluding carboxylic acids is 1. The van der Waals surface area contributed by atoms with Gasteiger partial charge in [0.1, 0.15) is 5.82 Å². The van der Waals surface area contributed by atoms with Gasteiger partial charge in [-0.1, -0.05) is 79.7 Å². The quantitative estimate of drug-likeness (QED) is 0.238. The molecule has 1 N–H and O–H groups in total. The van der Waals surface area contributed by atoms with E-state index in [1.54, 1.807) is 11.8 Å². The zero-order valence-corrected chi connectivity index (χ0v) is 21.9. The summed E-state index contributed by atoms with van der Waals surface area (Å²) in [7, 11) is 0. The number of nitrogens with one attached hydrogen (secondary N) is 1. The van der Waals surface area contributed by atoms with Gasteiger partial charge in [-0.05, 0) is 55.7 Å². The molecule has 180 valence electrons. The predicted molar refractivity (Wildman–Crippen MR) is 146 cm³/mol. The summed E-state index contributed by atoms with van der Waals surface area (Å²) in [5, 5.41) is 12.6. The molecular formula is C28H30N4OS2. The molecule has 1 atom stereocenters. The Kier molecular flexibility index (Phi) is 8.66. The van der Waals surface area contributed by atoms with Crippen LogP contribution in [-0.4, -0.2) is 25.9 Å². The number of rotatable bonds is 10. The van der Waals surface area contributed by atoms with Gasteiger partial charge in [-0.3, -0.25) is 9.36 Å². The molecule has 4 rings (SSSR count). The van der Waals surface area contributed by atoms with Crippen LogP contribution in [0.2, 0.25) is 0 Å². The maximum absolute atomic E-state index is 13.2. The summed E-state index contributed by atoms with van der Waals surface area (Å²) in [6.07, 6.45) is 1.55. The lowest BCUT2D eigenvalue weighted by Gasteiger charge is -2.17. The van der Waals surface area contributed by atoms with Gasteiger partial charge in [0.15, 0.2) is 5.16 Å². The van der Waals surface area contributed by atoms with E-state index in [2.05, 4.69) is 58.2 Å². The summed E-state index contributed by atoms with van der Waals surface area (Å²) in [4.78, 5) is 14.4. The first-order valence-corrected chi connectivity index (χ1v) is 13.7. The summed E-state index contributed by atoms with van der Waals surface area (Å²) >= 11 is 3.19. The Bertz CT molecular complexity index is 1260. The number of anilines is 1. The van der Waals surface area contributed by atoms with Gasteiger partial charge in [-0.15, -0.1) is 22.0 Å². The van der Waals surface area contributed by atoms with E-state index < -0.39 is 0 Å². The van der Waals surface area contributed by atoms with Crippen molar-refractivity contribution in [2.75, 3.05) is 5.32 Å².